The zero-order chi connectivity index (χ0) is 12.8. The summed E-state index contributed by atoms with van der Waals surface area (Å²) in [5.74, 6) is 0. The first-order valence-corrected chi connectivity index (χ1v) is 6.49. The van der Waals surface area contributed by atoms with Gasteiger partial charge in [0.2, 0.25) is 0 Å². The Labute approximate surface area is 109 Å². The molecule has 1 aliphatic heterocycles. The van der Waals surface area contributed by atoms with Gasteiger partial charge >= 0.3 is 0 Å². The minimum Gasteiger partial charge on any atom is -0.378 e. The maximum absolute atomic E-state index is 5.58. The van der Waals surface area contributed by atoms with E-state index in [2.05, 4.69) is 23.3 Å². The number of nitrogens with zero attached hydrogens (tertiary/aromatic N) is 1. The molecule has 0 spiro atoms. The van der Waals surface area contributed by atoms with Crippen molar-refractivity contribution in [3.63, 3.8) is 0 Å². The lowest BCUT2D eigenvalue weighted by atomic mass is 10.0. The van der Waals surface area contributed by atoms with Crippen LogP contribution >= 0.6 is 0 Å². The number of hydrogen-bond donors (Lipinski definition) is 1. The first kappa shape index (κ1) is 13.5. The predicted octanol–water partition coefficient (Wildman–Crippen LogP) is 1.33. The van der Waals surface area contributed by atoms with E-state index in [1.807, 2.05) is 12.4 Å². The summed E-state index contributed by atoms with van der Waals surface area (Å²) in [7, 11) is 1.77. The molecule has 4 nitrogen and oxygen atoms in total. The van der Waals surface area contributed by atoms with Gasteiger partial charge in [-0.1, -0.05) is 0 Å². The molecule has 0 aromatic carbocycles. The summed E-state index contributed by atoms with van der Waals surface area (Å²) in [6, 6.07) is 2.09. The molecule has 2 rings (SSSR count). The fraction of sp³-hybridized carbons (Fsp3) is 0.643. The molecule has 1 saturated heterocycles. The Balaban J connectivity index is 1.74. The summed E-state index contributed by atoms with van der Waals surface area (Å²) in [5.41, 5.74) is 2.49. The van der Waals surface area contributed by atoms with Gasteiger partial charge in [-0.3, -0.25) is 4.98 Å². The normalized spacial score (nSPS) is 23.4. The average molecular weight is 250 g/mol. The van der Waals surface area contributed by atoms with Crippen LogP contribution in [0, 0.1) is 6.92 Å². The van der Waals surface area contributed by atoms with Crippen LogP contribution in [0.2, 0.25) is 0 Å². The summed E-state index contributed by atoms with van der Waals surface area (Å²) < 4.78 is 11.0. The molecule has 0 radical (unpaired) electrons. The van der Waals surface area contributed by atoms with Crippen LogP contribution in [0.1, 0.15) is 17.5 Å². The van der Waals surface area contributed by atoms with Gasteiger partial charge in [-0.05, 0) is 37.1 Å². The smallest absolute Gasteiger partial charge is 0.106 e. The van der Waals surface area contributed by atoms with Crippen molar-refractivity contribution in [1.82, 2.24) is 10.3 Å². The highest BCUT2D eigenvalue weighted by Crippen LogP contribution is 2.21. The number of ether oxygens (including phenoxy) is 2. The maximum atomic E-state index is 5.58. The first-order chi connectivity index (χ1) is 8.76. The van der Waals surface area contributed by atoms with Crippen molar-refractivity contribution in [2.24, 2.45) is 0 Å². The van der Waals surface area contributed by atoms with Crippen molar-refractivity contribution in [2.75, 3.05) is 33.4 Å². The second kappa shape index (κ2) is 6.27. The van der Waals surface area contributed by atoms with Crippen LogP contribution in [-0.4, -0.2) is 44.0 Å². The van der Waals surface area contributed by atoms with Gasteiger partial charge in [0.1, 0.15) is 5.60 Å². The standard InChI is InChI=1S/C14H22N2O2/c1-12-9-15-6-3-13(12)4-7-16-10-14(17-2)5-8-18-11-14/h3,6,9,16H,4-5,7-8,10-11H2,1-2H3. The third kappa shape index (κ3) is 3.28. The zero-order valence-electron chi connectivity index (χ0n) is 11.2. The highest BCUT2D eigenvalue weighted by molar-refractivity contribution is 5.21. The molecule has 1 aromatic heterocycles. The number of nitrogens with one attached hydrogen (secondary N) is 1. The van der Waals surface area contributed by atoms with Crippen LogP contribution in [0.5, 0.6) is 0 Å². The molecular weight excluding hydrogens is 228 g/mol. The number of aromatic nitrogens is 1. The number of pyridine rings is 1. The molecule has 100 valence electrons. The van der Waals surface area contributed by atoms with Crippen LogP contribution in [0.3, 0.4) is 0 Å². The van der Waals surface area contributed by atoms with Gasteiger partial charge < -0.3 is 14.8 Å². The summed E-state index contributed by atoms with van der Waals surface area (Å²) in [6.07, 6.45) is 5.76. The van der Waals surface area contributed by atoms with E-state index >= 15 is 0 Å². The number of aryl methyl sites for hydroxylation is 1. The summed E-state index contributed by atoms with van der Waals surface area (Å²) in [4.78, 5) is 4.10. The Morgan fingerprint density at radius 3 is 3.11 bits per heavy atom. The third-order valence-electron chi connectivity index (χ3n) is 3.65. The average Bonchev–Trinajstić information content (AvgIpc) is 2.86. The van der Waals surface area contributed by atoms with Gasteiger partial charge in [0, 0.05) is 39.1 Å². The van der Waals surface area contributed by atoms with E-state index in [4.69, 9.17) is 9.47 Å². The van der Waals surface area contributed by atoms with E-state index in [0.29, 0.717) is 6.61 Å². The molecule has 1 aliphatic rings. The van der Waals surface area contributed by atoms with E-state index in [1.165, 1.54) is 11.1 Å². The van der Waals surface area contributed by atoms with Gasteiger partial charge in [0.15, 0.2) is 0 Å². The van der Waals surface area contributed by atoms with Crippen molar-refractivity contribution >= 4 is 0 Å². The van der Waals surface area contributed by atoms with E-state index < -0.39 is 0 Å². The van der Waals surface area contributed by atoms with Crippen molar-refractivity contribution in [1.29, 1.82) is 0 Å². The van der Waals surface area contributed by atoms with Gasteiger partial charge in [0.05, 0.1) is 6.61 Å². The fourth-order valence-corrected chi connectivity index (χ4v) is 2.28. The molecule has 0 aliphatic carbocycles. The van der Waals surface area contributed by atoms with Crippen molar-refractivity contribution in [3.8, 4) is 0 Å². The van der Waals surface area contributed by atoms with Gasteiger partial charge in [0.25, 0.3) is 0 Å². The van der Waals surface area contributed by atoms with Crippen LogP contribution in [0.4, 0.5) is 0 Å². The number of hydrogen-bond acceptors (Lipinski definition) is 4. The van der Waals surface area contributed by atoms with E-state index in [0.717, 1.165) is 32.5 Å². The molecule has 1 fully saturated rings. The quantitative estimate of drug-likeness (QED) is 0.774. The molecule has 2 heterocycles. The van der Waals surface area contributed by atoms with Crippen LogP contribution in [0.25, 0.3) is 0 Å². The van der Waals surface area contributed by atoms with Gasteiger partial charge in [-0.2, -0.15) is 0 Å². The minimum absolute atomic E-state index is 0.118. The van der Waals surface area contributed by atoms with E-state index in [1.54, 1.807) is 7.11 Å². The third-order valence-corrected chi connectivity index (χ3v) is 3.65. The molecule has 1 aromatic rings. The monoisotopic (exact) mass is 250 g/mol. The maximum Gasteiger partial charge on any atom is 0.106 e. The number of rotatable bonds is 6. The molecule has 1 N–H and O–H groups in total. The van der Waals surface area contributed by atoms with Crippen LogP contribution < -0.4 is 5.32 Å². The zero-order valence-corrected chi connectivity index (χ0v) is 11.2. The van der Waals surface area contributed by atoms with Crippen LogP contribution in [-0.2, 0) is 15.9 Å². The Morgan fingerprint density at radius 1 is 1.56 bits per heavy atom. The summed E-state index contributed by atoms with van der Waals surface area (Å²) in [6.45, 7) is 5.41. The molecule has 1 atom stereocenters. The highest BCUT2D eigenvalue weighted by atomic mass is 16.5. The van der Waals surface area contributed by atoms with Crippen molar-refractivity contribution < 1.29 is 9.47 Å². The highest BCUT2D eigenvalue weighted by Gasteiger charge is 2.34. The fourth-order valence-electron chi connectivity index (χ4n) is 2.28. The Kier molecular flexibility index (Phi) is 4.69. The molecular formula is C14H22N2O2. The lowest BCUT2D eigenvalue weighted by molar-refractivity contribution is -0.0155. The number of methoxy groups -OCH3 is 1. The minimum atomic E-state index is -0.118. The lowest BCUT2D eigenvalue weighted by Crippen LogP contribution is -2.43. The molecule has 0 saturated carbocycles. The Hall–Kier alpha value is -0.970. The molecule has 4 heteroatoms. The van der Waals surface area contributed by atoms with Gasteiger partial charge in [-0.15, -0.1) is 0 Å². The lowest BCUT2D eigenvalue weighted by Gasteiger charge is -2.26. The molecule has 18 heavy (non-hydrogen) atoms. The topological polar surface area (TPSA) is 43.4 Å². The van der Waals surface area contributed by atoms with Crippen LogP contribution in [0.15, 0.2) is 18.5 Å². The molecule has 0 amide bonds. The predicted molar refractivity (Wildman–Crippen MR) is 70.7 cm³/mol. The largest absolute Gasteiger partial charge is 0.378 e. The first-order valence-electron chi connectivity index (χ1n) is 6.49. The second-order valence-corrected chi connectivity index (χ2v) is 4.92. The second-order valence-electron chi connectivity index (χ2n) is 4.92. The summed E-state index contributed by atoms with van der Waals surface area (Å²) >= 11 is 0. The van der Waals surface area contributed by atoms with Gasteiger partial charge in [-0.25, -0.2) is 0 Å². The van der Waals surface area contributed by atoms with Crippen molar-refractivity contribution in [3.05, 3.63) is 29.6 Å². The summed E-state index contributed by atoms with van der Waals surface area (Å²) in [5, 5.41) is 3.47. The van der Waals surface area contributed by atoms with E-state index in [9.17, 15) is 0 Å². The molecule has 0 bridgehead atoms. The Bertz CT molecular complexity index is 376. The SMILES string of the molecule is COC1(CNCCc2ccncc2C)CCOC1. The van der Waals surface area contributed by atoms with Crippen molar-refractivity contribution in [2.45, 2.75) is 25.4 Å². The van der Waals surface area contributed by atoms with E-state index in [-0.39, 0.29) is 5.60 Å². The Morgan fingerprint density at radius 2 is 2.44 bits per heavy atom. The molecule has 1 unspecified atom stereocenters.